The molecule has 7 nitrogen and oxygen atoms in total. The van der Waals surface area contributed by atoms with E-state index in [2.05, 4.69) is 4.98 Å². The Balaban J connectivity index is 1.24. The van der Waals surface area contributed by atoms with Gasteiger partial charge in [-0.25, -0.2) is 4.39 Å². The molecule has 1 aliphatic rings. The highest BCUT2D eigenvalue weighted by molar-refractivity contribution is 7.21. The number of pyridine rings is 1. The number of para-hydroxylation sites is 1. The van der Waals surface area contributed by atoms with Gasteiger partial charge in [0.15, 0.2) is 11.6 Å². The Kier molecular flexibility index (Phi) is 7.97. The lowest BCUT2D eigenvalue weighted by atomic mass is 10.0. The molecule has 1 aliphatic heterocycles. The smallest absolute Gasteiger partial charge is 0.264 e. The summed E-state index contributed by atoms with van der Waals surface area (Å²) >= 11 is 1.28. The third kappa shape index (κ3) is 6.15. The summed E-state index contributed by atoms with van der Waals surface area (Å²) in [5.41, 5.74) is 1.78. The number of amides is 1. The summed E-state index contributed by atoms with van der Waals surface area (Å²) in [4.78, 5) is 44.5. The van der Waals surface area contributed by atoms with Gasteiger partial charge in [-0.3, -0.25) is 19.4 Å². The van der Waals surface area contributed by atoms with Crippen molar-refractivity contribution in [2.45, 2.75) is 32.1 Å². The maximum absolute atomic E-state index is 15.0. The molecular weight excluding hydrogens is 519 g/mol. The van der Waals surface area contributed by atoms with Crippen molar-refractivity contribution >= 4 is 39.0 Å². The van der Waals surface area contributed by atoms with Gasteiger partial charge in [-0.05, 0) is 42.7 Å². The summed E-state index contributed by atoms with van der Waals surface area (Å²) < 4.78 is 26.8. The summed E-state index contributed by atoms with van der Waals surface area (Å²) in [6.07, 6.45) is 3.34. The minimum atomic E-state index is -0.629. The maximum Gasteiger partial charge on any atom is 0.264 e. The number of benzene rings is 2. The number of thiophene rings is 1. The van der Waals surface area contributed by atoms with E-state index in [4.69, 9.17) is 9.47 Å². The van der Waals surface area contributed by atoms with Crippen LogP contribution in [0.25, 0.3) is 10.2 Å². The van der Waals surface area contributed by atoms with Crippen molar-refractivity contribution in [2.24, 2.45) is 0 Å². The average Bonchev–Trinajstić information content (AvgIpc) is 3.61. The average molecular weight is 547 g/mol. The molecule has 0 spiro atoms. The van der Waals surface area contributed by atoms with E-state index in [0.717, 1.165) is 25.9 Å². The normalized spacial score (nSPS) is 13.0. The van der Waals surface area contributed by atoms with E-state index in [1.165, 1.54) is 30.6 Å². The molecule has 1 fully saturated rings. The quantitative estimate of drug-likeness (QED) is 0.234. The van der Waals surface area contributed by atoms with Crippen LogP contribution < -0.4 is 9.47 Å². The Morgan fingerprint density at radius 2 is 1.72 bits per heavy atom. The van der Waals surface area contributed by atoms with Crippen LogP contribution in [-0.2, 0) is 22.4 Å². The fraction of sp³-hybridized carbons (Fsp3) is 0.267. The minimum absolute atomic E-state index is 0.00762. The molecule has 0 unspecified atom stereocenters. The van der Waals surface area contributed by atoms with Crippen LogP contribution in [0.1, 0.15) is 40.1 Å². The number of carbonyl (C=O) groups excluding carboxylic acids is 3. The number of hydrogen-bond acceptors (Lipinski definition) is 7. The lowest BCUT2D eigenvalue weighted by Crippen LogP contribution is -2.26. The Morgan fingerprint density at radius 3 is 2.49 bits per heavy atom. The van der Waals surface area contributed by atoms with Crippen molar-refractivity contribution in [3.63, 3.8) is 0 Å². The van der Waals surface area contributed by atoms with Crippen molar-refractivity contribution in [3.05, 3.63) is 82.6 Å². The first kappa shape index (κ1) is 26.5. The lowest BCUT2D eigenvalue weighted by molar-refractivity contribution is -0.126. The van der Waals surface area contributed by atoms with E-state index in [0.29, 0.717) is 37.7 Å². The third-order valence-electron chi connectivity index (χ3n) is 6.57. The molecule has 2 aromatic carbocycles. The van der Waals surface area contributed by atoms with Gasteiger partial charge in [0.2, 0.25) is 0 Å². The van der Waals surface area contributed by atoms with Gasteiger partial charge < -0.3 is 14.4 Å². The number of aromatic nitrogens is 1. The molecule has 5 rings (SSSR count). The van der Waals surface area contributed by atoms with Gasteiger partial charge in [-0.1, -0.05) is 24.3 Å². The fourth-order valence-electron chi connectivity index (χ4n) is 4.67. The zero-order chi connectivity index (χ0) is 27.4. The van der Waals surface area contributed by atoms with Gasteiger partial charge in [0.25, 0.3) is 5.91 Å². The second-order valence-electron chi connectivity index (χ2n) is 9.42. The molecule has 0 radical (unpaired) electrons. The molecule has 0 aliphatic carbocycles. The first-order valence-corrected chi connectivity index (χ1v) is 13.5. The number of halogens is 1. The molecule has 4 aromatic rings. The standard InChI is InChI=1S/C30H27FN2O5S/c1-37-25-7-3-2-6-20(25)16-22(35)17-21(34)14-19-8-9-26(23(31)15-19)38-27-10-11-32-24-18-28(39-29(24)27)30(36)33-12-4-5-13-33/h2-3,6-11,15,18H,4-5,12-14,16-17H2,1H3. The zero-order valence-electron chi connectivity index (χ0n) is 21.4. The van der Waals surface area contributed by atoms with E-state index >= 15 is 0 Å². The van der Waals surface area contributed by atoms with E-state index in [9.17, 15) is 18.8 Å². The van der Waals surface area contributed by atoms with Crippen LogP contribution in [0.15, 0.2) is 60.8 Å². The fourth-order valence-corrected chi connectivity index (χ4v) is 5.70. The van der Waals surface area contributed by atoms with Gasteiger partial charge in [-0.2, -0.15) is 0 Å². The Morgan fingerprint density at radius 1 is 0.949 bits per heavy atom. The van der Waals surface area contributed by atoms with Gasteiger partial charge in [-0.15, -0.1) is 11.3 Å². The van der Waals surface area contributed by atoms with Gasteiger partial charge in [0.1, 0.15) is 23.1 Å². The summed E-state index contributed by atoms with van der Waals surface area (Å²) in [6, 6.07) is 14.9. The monoisotopic (exact) mass is 546 g/mol. The molecule has 1 amide bonds. The minimum Gasteiger partial charge on any atom is -0.496 e. The zero-order valence-corrected chi connectivity index (χ0v) is 22.3. The Bertz CT molecular complexity index is 1540. The SMILES string of the molecule is COc1ccccc1CC(=O)CC(=O)Cc1ccc(Oc2ccnc3cc(C(=O)N4CCCC4)sc23)c(F)c1. The highest BCUT2D eigenvalue weighted by Crippen LogP contribution is 2.36. The van der Waals surface area contributed by atoms with Crippen molar-refractivity contribution in [3.8, 4) is 17.2 Å². The lowest BCUT2D eigenvalue weighted by Gasteiger charge is -2.13. The molecule has 0 saturated carbocycles. The number of ether oxygens (including phenoxy) is 2. The first-order valence-electron chi connectivity index (χ1n) is 12.7. The molecule has 39 heavy (non-hydrogen) atoms. The Labute approximate surface area is 229 Å². The molecule has 1 saturated heterocycles. The van der Waals surface area contributed by atoms with Crippen LogP contribution in [0.5, 0.6) is 17.2 Å². The molecule has 200 valence electrons. The number of methoxy groups -OCH3 is 1. The van der Waals surface area contributed by atoms with Crippen LogP contribution in [-0.4, -0.2) is 47.6 Å². The van der Waals surface area contributed by atoms with Crippen molar-refractivity contribution in [2.75, 3.05) is 20.2 Å². The van der Waals surface area contributed by atoms with Gasteiger partial charge in [0, 0.05) is 43.8 Å². The van der Waals surface area contributed by atoms with Crippen LogP contribution >= 0.6 is 11.3 Å². The molecule has 0 bridgehead atoms. The topological polar surface area (TPSA) is 85.8 Å². The second-order valence-corrected chi connectivity index (χ2v) is 10.5. The van der Waals surface area contributed by atoms with Gasteiger partial charge in [0.05, 0.1) is 28.6 Å². The van der Waals surface area contributed by atoms with Crippen LogP contribution in [0.2, 0.25) is 0 Å². The van der Waals surface area contributed by atoms with Crippen molar-refractivity contribution in [1.29, 1.82) is 0 Å². The van der Waals surface area contributed by atoms with Crippen LogP contribution in [0.3, 0.4) is 0 Å². The van der Waals surface area contributed by atoms with E-state index in [-0.39, 0.29) is 42.5 Å². The van der Waals surface area contributed by atoms with Crippen molar-refractivity contribution < 1.29 is 28.2 Å². The highest BCUT2D eigenvalue weighted by atomic mass is 32.1. The van der Waals surface area contributed by atoms with E-state index < -0.39 is 5.82 Å². The molecule has 2 aromatic heterocycles. The number of Topliss-reactive ketones (excluding diaryl/α,β-unsaturated/α-hetero) is 2. The number of rotatable bonds is 10. The molecule has 0 atom stereocenters. The predicted octanol–water partition coefficient (Wildman–Crippen LogP) is 5.79. The summed E-state index contributed by atoms with van der Waals surface area (Å²) in [5.74, 6) is -0.197. The molecule has 9 heteroatoms. The number of carbonyl (C=O) groups is 3. The first-order chi connectivity index (χ1) is 18.9. The predicted molar refractivity (Wildman–Crippen MR) is 146 cm³/mol. The Hall–Kier alpha value is -4.11. The number of likely N-dealkylation sites (tertiary alicyclic amines) is 1. The van der Waals surface area contributed by atoms with Gasteiger partial charge >= 0.3 is 0 Å². The van der Waals surface area contributed by atoms with Crippen LogP contribution in [0, 0.1) is 5.82 Å². The largest absolute Gasteiger partial charge is 0.496 e. The number of nitrogens with zero attached hydrogens (tertiary/aromatic N) is 2. The molecular formula is C30H27FN2O5S. The highest BCUT2D eigenvalue weighted by Gasteiger charge is 2.23. The second kappa shape index (κ2) is 11.7. The number of ketones is 2. The third-order valence-corrected chi connectivity index (χ3v) is 7.70. The summed E-state index contributed by atoms with van der Waals surface area (Å²) in [5, 5.41) is 0. The van der Waals surface area contributed by atoms with Crippen molar-refractivity contribution in [1.82, 2.24) is 9.88 Å². The summed E-state index contributed by atoms with van der Waals surface area (Å²) in [6.45, 7) is 1.50. The van der Waals surface area contributed by atoms with E-state index in [1.54, 1.807) is 36.5 Å². The maximum atomic E-state index is 15.0. The summed E-state index contributed by atoms with van der Waals surface area (Å²) in [7, 11) is 1.53. The van der Waals surface area contributed by atoms with E-state index in [1.807, 2.05) is 17.0 Å². The van der Waals surface area contributed by atoms with Crippen LogP contribution in [0.4, 0.5) is 4.39 Å². The molecule has 3 heterocycles. The number of hydrogen-bond donors (Lipinski definition) is 0. The molecule has 0 N–H and O–H groups in total. The number of fused-ring (bicyclic) bond motifs is 1.